The van der Waals surface area contributed by atoms with E-state index in [4.69, 9.17) is 4.98 Å². The smallest absolute Gasteiger partial charge is 0.146 e. The first kappa shape index (κ1) is 31.3. The van der Waals surface area contributed by atoms with Gasteiger partial charge in [0.2, 0.25) is 0 Å². The fourth-order valence-corrected chi connectivity index (χ4v) is 9.91. The van der Waals surface area contributed by atoms with Crippen molar-refractivity contribution in [1.82, 2.24) is 9.55 Å². The number of benzene rings is 10. The molecule has 0 spiro atoms. The number of nitrogens with zero attached hydrogens (tertiary/aromatic N) is 2. The molecule has 1 aliphatic carbocycles. The molecule has 12 rings (SSSR count). The van der Waals surface area contributed by atoms with Gasteiger partial charge in [0, 0.05) is 22.4 Å². The summed E-state index contributed by atoms with van der Waals surface area (Å²) in [6.45, 7) is 2.35. The summed E-state index contributed by atoms with van der Waals surface area (Å²) < 4.78 is 2.48. The molecule has 2 heteroatoms. The summed E-state index contributed by atoms with van der Waals surface area (Å²) in [5.41, 5.74) is 9.42. The SMILES string of the molecule is CC1C=c2ccccc2=C(c2c3ccccc3c(-c3cccc4ccccc34)c3nc(-c4ccc5ccc6cccc7ccc4c5c67)n(-c4ccccc4)c23)C1. The fourth-order valence-electron chi connectivity index (χ4n) is 9.91. The largest absolute Gasteiger partial charge is 0.292 e. The molecule has 56 heavy (non-hydrogen) atoms. The van der Waals surface area contributed by atoms with Gasteiger partial charge in [0.25, 0.3) is 0 Å². The predicted molar refractivity (Wildman–Crippen MR) is 237 cm³/mol. The van der Waals surface area contributed by atoms with Gasteiger partial charge in [0.15, 0.2) is 0 Å². The number of rotatable bonds is 4. The molecular weight excluding hydrogens is 677 g/mol. The first-order chi connectivity index (χ1) is 27.7. The Hall–Kier alpha value is -7.03. The maximum absolute atomic E-state index is 5.95. The summed E-state index contributed by atoms with van der Waals surface area (Å²) in [7, 11) is 0. The van der Waals surface area contributed by atoms with Crippen molar-refractivity contribution in [2.75, 3.05) is 0 Å². The van der Waals surface area contributed by atoms with Gasteiger partial charge in [-0.1, -0.05) is 171 Å². The van der Waals surface area contributed by atoms with Crippen LogP contribution >= 0.6 is 0 Å². The molecule has 0 saturated carbocycles. The highest BCUT2D eigenvalue weighted by Gasteiger charge is 2.28. The summed E-state index contributed by atoms with van der Waals surface area (Å²) in [6.07, 6.45) is 3.38. The Balaban J connectivity index is 1.34. The minimum atomic E-state index is 0.386. The van der Waals surface area contributed by atoms with E-state index in [1.807, 2.05) is 0 Å². The monoisotopic (exact) mass is 712 g/mol. The number of para-hydroxylation sites is 1. The third-order valence-corrected chi connectivity index (χ3v) is 12.2. The summed E-state index contributed by atoms with van der Waals surface area (Å²) >= 11 is 0. The molecule has 0 bridgehead atoms. The molecule has 0 saturated heterocycles. The van der Waals surface area contributed by atoms with Crippen molar-refractivity contribution in [2.24, 2.45) is 5.92 Å². The molecule has 2 nitrogen and oxygen atoms in total. The van der Waals surface area contributed by atoms with E-state index < -0.39 is 0 Å². The van der Waals surface area contributed by atoms with Crippen molar-refractivity contribution in [3.63, 3.8) is 0 Å². The van der Waals surface area contributed by atoms with Gasteiger partial charge in [-0.3, -0.25) is 4.57 Å². The van der Waals surface area contributed by atoms with Crippen LogP contribution in [0.5, 0.6) is 0 Å². The number of hydrogen-bond acceptors (Lipinski definition) is 1. The molecule has 1 aliphatic rings. The number of fused-ring (bicyclic) bond motifs is 4. The van der Waals surface area contributed by atoms with Crippen LogP contribution in [-0.4, -0.2) is 9.55 Å². The Morgan fingerprint density at radius 2 is 1.11 bits per heavy atom. The Morgan fingerprint density at radius 3 is 1.95 bits per heavy atom. The molecule has 262 valence electrons. The molecular formula is C54H36N2. The van der Waals surface area contributed by atoms with Crippen molar-refractivity contribution in [3.8, 4) is 28.2 Å². The van der Waals surface area contributed by atoms with Gasteiger partial charge in [-0.25, -0.2) is 4.98 Å². The van der Waals surface area contributed by atoms with Gasteiger partial charge in [-0.2, -0.15) is 0 Å². The highest BCUT2D eigenvalue weighted by molar-refractivity contribution is 6.26. The topological polar surface area (TPSA) is 17.8 Å². The fraction of sp³-hybridized carbons (Fsp3) is 0.0556. The van der Waals surface area contributed by atoms with E-state index in [1.165, 1.54) is 86.6 Å². The minimum absolute atomic E-state index is 0.386. The molecule has 10 aromatic carbocycles. The zero-order chi connectivity index (χ0) is 36.9. The van der Waals surface area contributed by atoms with E-state index in [-0.39, 0.29) is 0 Å². The van der Waals surface area contributed by atoms with Gasteiger partial charge in [0.05, 0.1) is 11.0 Å². The first-order valence-electron chi connectivity index (χ1n) is 19.7. The standard InChI is InChI=1S/C54H36N2/c1-33-31-38-14-6-8-21-41(38)47(32-33)51-44-23-10-9-22-43(44)50(42-24-12-15-34-13-5-7-20-40(34)42)52-53(51)56(39-18-3-2-4-19-39)54(55-52)46-30-28-37-26-25-35-16-11-17-36-27-29-45(46)49(37)48(35)36/h2-31,33H,32H2,1H3. The van der Waals surface area contributed by atoms with Crippen LogP contribution in [0.4, 0.5) is 0 Å². The molecule has 1 heterocycles. The Morgan fingerprint density at radius 1 is 0.482 bits per heavy atom. The lowest BCUT2D eigenvalue weighted by Crippen LogP contribution is -2.31. The van der Waals surface area contributed by atoms with Crippen LogP contribution in [0.15, 0.2) is 176 Å². The quantitative estimate of drug-likeness (QED) is 0.166. The van der Waals surface area contributed by atoms with Crippen molar-refractivity contribution in [1.29, 1.82) is 0 Å². The normalized spacial score (nSPS) is 14.4. The first-order valence-corrected chi connectivity index (χ1v) is 19.7. The van der Waals surface area contributed by atoms with Gasteiger partial charge < -0.3 is 0 Å². The third-order valence-electron chi connectivity index (χ3n) is 12.2. The van der Waals surface area contributed by atoms with E-state index in [9.17, 15) is 0 Å². The highest BCUT2D eigenvalue weighted by Crippen LogP contribution is 2.48. The highest BCUT2D eigenvalue weighted by atomic mass is 15.1. The molecule has 0 aliphatic heterocycles. The molecule has 1 aromatic heterocycles. The van der Waals surface area contributed by atoms with Crippen LogP contribution in [0.1, 0.15) is 18.9 Å². The number of aromatic nitrogens is 2. The molecule has 1 unspecified atom stereocenters. The summed E-state index contributed by atoms with van der Waals surface area (Å²) in [4.78, 5) is 5.95. The summed E-state index contributed by atoms with van der Waals surface area (Å²) in [6, 6.07) is 64.8. The third kappa shape index (κ3) is 4.47. The molecule has 1 atom stereocenters. The molecule has 11 aromatic rings. The van der Waals surface area contributed by atoms with Gasteiger partial charge in [0.1, 0.15) is 5.82 Å². The van der Waals surface area contributed by atoms with Gasteiger partial charge in [-0.05, 0) is 106 Å². The van der Waals surface area contributed by atoms with Crippen LogP contribution in [0.3, 0.4) is 0 Å². The van der Waals surface area contributed by atoms with Gasteiger partial charge >= 0.3 is 0 Å². The lowest BCUT2D eigenvalue weighted by molar-refractivity contribution is 0.786. The Bertz CT molecular complexity index is 3500. The van der Waals surface area contributed by atoms with Crippen molar-refractivity contribution < 1.29 is 0 Å². The second-order valence-corrected chi connectivity index (χ2v) is 15.5. The second kappa shape index (κ2) is 12.0. The van der Waals surface area contributed by atoms with Crippen molar-refractivity contribution in [2.45, 2.75) is 13.3 Å². The number of hydrogen-bond donors (Lipinski definition) is 0. The maximum atomic E-state index is 5.95. The zero-order valence-electron chi connectivity index (χ0n) is 31.0. The lowest BCUT2D eigenvalue weighted by atomic mass is 9.83. The zero-order valence-corrected chi connectivity index (χ0v) is 31.0. The maximum Gasteiger partial charge on any atom is 0.146 e. The van der Waals surface area contributed by atoms with E-state index in [0.29, 0.717) is 5.92 Å². The van der Waals surface area contributed by atoms with Crippen molar-refractivity contribution in [3.05, 3.63) is 192 Å². The Kier molecular flexibility index (Phi) is 6.71. The number of imidazole rings is 1. The van der Waals surface area contributed by atoms with E-state index in [0.717, 1.165) is 34.5 Å². The van der Waals surface area contributed by atoms with Crippen LogP contribution in [0.25, 0.3) is 105 Å². The van der Waals surface area contributed by atoms with Crippen LogP contribution in [-0.2, 0) is 0 Å². The summed E-state index contributed by atoms with van der Waals surface area (Å²) in [5, 5.41) is 15.1. The summed E-state index contributed by atoms with van der Waals surface area (Å²) in [5.74, 6) is 1.34. The van der Waals surface area contributed by atoms with Crippen LogP contribution in [0.2, 0.25) is 0 Å². The minimum Gasteiger partial charge on any atom is -0.292 e. The van der Waals surface area contributed by atoms with Gasteiger partial charge in [-0.15, -0.1) is 0 Å². The van der Waals surface area contributed by atoms with E-state index in [2.05, 4.69) is 193 Å². The molecule has 0 radical (unpaired) electrons. The molecule has 0 N–H and O–H groups in total. The van der Waals surface area contributed by atoms with Crippen LogP contribution in [0, 0.1) is 5.92 Å². The van der Waals surface area contributed by atoms with Crippen LogP contribution < -0.4 is 10.4 Å². The Labute approximate surface area is 324 Å². The van der Waals surface area contributed by atoms with E-state index >= 15 is 0 Å². The second-order valence-electron chi connectivity index (χ2n) is 15.5. The van der Waals surface area contributed by atoms with Crippen molar-refractivity contribution >= 4 is 76.5 Å². The predicted octanol–water partition coefficient (Wildman–Crippen LogP) is 12.6. The average Bonchev–Trinajstić information content (AvgIpc) is 3.64. The lowest BCUT2D eigenvalue weighted by Gasteiger charge is -2.23. The van der Waals surface area contributed by atoms with E-state index in [1.54, 1.807) is 0 Å². The molecule has 0 fully saturated rings. The molecule has 0 amide bonds. The average molecular weight is 713 g/mol.